The van der Waals surface area contributed by atoms with E-state index in [2.05, 4.69) is 5.10 Å². The summed E-state index contributed by atoms with van der Waals surface area (Å²) >= 11 is 5.99. The topological polar surface area (TPSA) is 47.3 Å². The molecule has 0 aliphatic heterocycles. The molecule has 0 spiro atoms. The van der Waals surface area contributed by atoms with Crippen molar-refractivity contribution in [1.29, 1.82) is 0 Å². The van der Waals surface area contributed by atoms with Gasteiger partial charge in [0.05, 0.1) is 24.0 Å². The van der Waals surface area contributed by atoms with Crippen LogP contribution in [0.3, 0.4) is 0 Å². The third-order valence-electron chi connectivity index (χ3n) is 2.84. The van der Waals surface area contributed by atoms with Crippen LogP contribution in [0.1, 0.15) is 17.4 Å². The smallest absolute Gasteiger partial charge is 0.118 e. The van der Waals surface area contributed by atoms with E-state index in [-0.39, 0.29) is 0 Å². The number of halogens is 1. The molecule has 1 heterocycles. The molecule has 0 saturated carbocycles. The van der Waals surface area contributed by atoms with Crippen LogP contribution in [0.2, 0.25) is 5.02 Å². The summed E-state index contributed by atoms with van der Waals surface area (Å²) in [5, 5.41) is 14.7. The highest BCUT2D eigenvalue weighted by Gasteiger charge is 2.16. The zero-order chi connectivity index (χ0) is 13.1. The van der Waals surface area contributed by atoms with Gasteiger partial charge in [0.1, 0.15) is 11.9 Å². The standard InChI is InChI=1S/C13H15ClN2O2/c1-16-13(11(14)8-15-16)12(17)7-9-3-5-10(18-2)6-4-9/h3-6,8,12,17H,7H2,1-2H3. The Labute approximate surface area is 111 Å². The molecule has 1 unspecified atom stereocenters. The van der Waals surface area contributed by atoms with Gasteiger partial charge in [-0.25, -0.2) is 0 Å². The van der Waals surface area contributed by atoms with E-state index >= 15 is 0 Å². The van der Waals surface area contributed by atoms with Crippen LogP contribution in [0.4, 0.5) is 0 Å². The Morgan fingerprint density at radius 1 is 1.39 bits per heavy atom. The van der Waals surface area contributed by atoms with Gasteiger partial charge in [0, 0.05) is 13.5 Å². The van der Waals surface area contributed by atoms with E-state index in [4.69, 9.17) is 16.3 Å². The summed E-state index contributed by atoms with van der Waals surface area (Å²) in [7, 11) is 3.39. The maximum absolute atomic E-state index is 10.2. The summed E-state index contributed by atoms with van der Waals surface area (Å²) in [6.45, 7) is 0. The van der Waals surface area contributed by atoms with Crippen LogP contribution in [0, 0.1) is 0 Å². The minimum atomic E-state index is -0.668. The van der Waals surface area contributed by atoms with Crippen LogP contribution in [0.25, 0.3) is 0 Å². The van der Waals surface area contributed by atoms with Gasteiger partial charge in [-0.05, 0) is 17.7 Å². The van der Waals surface area contributed by atoms with E-state index in [1.807, 2.05) is 24.3 Å². The van der Waals surface area contributed by atoms with Crippen molar-refractivity contribution in [3.8, 4) is 5.75 Å². The Balaban J connectivity index is 2.13. The molecule has 0 bridgehead atoms. The number of benzene rings is 1. The lowest BCUT2D eigenvalue weighted by atomic mass is 10.1. The molecular formula is C13H15ClN2O2. The maximum atomic E-state index is 10.2. The van der Waals surface area contributed by atoms with Gasteiger partial charge >= 0.3 is 0 Å². The second kappa shape index (κ2) is 5.42. The molecule has 0 radical (unpaired) electrons. The Kier molecular flexibility index (Phi) is 3.89. The molecule has 96 valence electrons. The molecule has 1 aromatic carbocycles. The van der Waals surface area contributed by atoms with Gasteiger partial charge in [-0.1, -0.05) is 23.7 Å². The average molecular weight is 267 g/mol. The number of ether oxygens (including phenoxy) is 1. The van der Waals surface area contributed by atoms with Crippen molar-refractivity contribution in [2.75, 3.05) is 7.11 Å². The van der Waals surface area contributed by atoms with Crippen molar-refractivity contribution in [3.63, 3.8) is 0 Å². The van der Waals surface area contributed by atoms with Gasteiger partial charge in [-0.2, -0.15) is 5.10 Å². The molecule has 0 amide bonds. The number of hydrogen-bond donors (Lipinski definition) is 1. The minimum Gasteiger partial charge on any atom is -0.497 e. The van der Waals surface area contributed by atoms with E-state index in [1.54, 1.807) is 18.8 Å². The first-order valence-electron chi connectivity index (χ1n) is 5.60. The van der Waals surface area contributed by atoms with Crippen molar-refractivity contribution in [2.24, 2.45) is 7.05 Å². The van der Waals surface area contributed by atoms with E-state index in [0.717, 1.165) is 11.3 Å². The Hall–Kier alpha value is -1.52. The van der Waals surface area contributed by atoms with Crippen LogP contribution < -0.4 is 4.74 Å². The first kappa shape index (κ1) is 12.9. The number of rotatable bonds is 4. The summed E-state index contributed by atoms with van der Waals surface area (Å²) in [5.74, 6) is 0.798. The lowest BCUT2D eigenvalue weighted by molar-refractivity contribution is 0.168. The average Bonchev–Trinajstić information content (AvgIpc) is 2.70. The SMILES string of the molecule is COc1ccc(CC(O)c2c(Cl)cnn2C)cc1. The second-order valence-electron chi connectivity index (χ2n) is 4.07. The van der Waals surface area contributed by atoms with Crippen LogP contribution >= 0.6 is 11.6 Å². The number of nitrogens with zero attached hydrogens (tertiary/aromatic N) is 2. The van der Waals surface area contributed by atoms with Crippen molar-refractivity contribution in [1.82, 2.24) is 9.78 Å². The van der Waals surface area contributed by atoms with Crippen molar-refractivity contribution in [3.05, 3.63) is 46.7 Å². The zero-order valence-electron chi connectivity index (χ0n) is 10.3. The van der Waals surface area contributed by atoms with E-state index in [9.17, 15) is 5.11 Å². The quantitative estimate of drug-likeness (QED) is 0.924. The van der Waals surface area contributed by atoms with Gasteiger partial charge in [0.25, 0.3) is 0 Å². The minimum absolute atomic E-state index is 0.485. The summed E-state index contributed by atoms with van der Waals surface area (Å²) in [5.41, 5.74) is 1.65. The van der Waals surface area contributed by atoms with Crippen molar-refractivity contribution in [2.45, 2.75) is 12.5 Å². The van der Waals surface area contributed by atoms with Crippen LogP contribution in [-0.4, -0.2) is 22.0 Å². The molecule has 18 heavy (non-hydrogen) atoms. The highest BCUT2D eigenvalue weighted by atomic mass is 35.5. The third-order valence-corrected chi connectivity index (χ3v) is 3.13. The fourth-order valence-electron chi connectivity index (χ4n) is 1.88. The molecule has 2 rings (SSSR count). The predicted octanol–water partition coefficient (Wildman–Crippen LogP) is 2.36. The maximum Gasteiger partial charge on any atom is 0.118 e. The first-order valence-corrected chi connectivity index (χ1v) is 5.98. The number of aliphatic hydroxyl groups is 1. The van der Waals surface area contributed by atoms with E-state index < -0.39 is 6.10 Å². The first-order chi connectivity index (χ1) is 8.61. The zero-order valence-corrected chi connectivity index (χ0v) is 11.1. The lowest BCUT2D eigenvalue weighted by Crippen LogP contribution is -2.08. The second-order valence-corrected chi connectivity index (χ2v) is 4.48. The summed E-state index contributed by atoms with van der Waals surface area (Å²) in [6, 6.07) is 7.58. The highest BCUT2D eigenvalue weighted by Crippen LogP contribution is 2.25. The number of methoxy groups -OCH3 is 1. The Morgan fingerprint density at radius 3 is 2.56 bits per heavy atom. The highest BCUT2D eigenvalue weighted by molar-refractivity contribution is 6.31. The fourth-order valence-corrected chi connectivity index (χ4v) is 2.17. The Morgan fingerprint density at radius 2 is 2.06 bits per heavy atom. The predicted molar refractivity (Wildman–Crippen MR) is 69.9 cm³/mol. The molecule has 0 aliphatic rings. The lowest BCUT2D eigenvalue weighted by Gasteiger charge is -2.12. The summed E-state index contributed by atoms with van der Waals surface area (Å²) < 4.78 is 6.68. The summed E-state index contributed by atoms with van der Waals surface area (Å²) in [4.78, 5) is 0. The van der Waals surface area contributed by atoms with Gasteiger partial charge in [0.15, 0.2) is 0 Å². The number of aliphatic hydroxyl groups excluding tert-OH is 1. The van der Waals surface area contributed by atoms with Crippen molar-refractivity contribution < 1.29 is 9.84 Å². The van der Waals surface area contributed by atoms with Crippen LogP contribution in [-0.2, 0) is 13.5 Å². The van der Waals surface area contributed by atoms with E-state index in [0.29, 0.717) is 17.1 Å². The normalized spacial score (nSPS) is 12.4. The number of aromatic nitrogens is 2. The largest absolute Gasteiger partial charge is 0.497 e. The molecule has 1 aromatic heterocycles. The van der Waals surface area contributed by atoms with Crippen LogP contribution in [0.5, 0.6) is 5.75 Å². The Bertz CT molecular complexity index is 503. The van der Waals surface area contributed by atoms with Gasteiger partial charge in [-0.15, -0.1) is 0 Å². The van der Waals surface area contributed by atoms with Gasteiger partial charge < -0.3 is 9.84 Å². The molecule has 5 heteroatoms. The molecule has 0 aliphatic carbocycles. The monoisotopic (exact) mass is 266 g/mol. The number of aryl methyl sites for hydroxylation is 1. The van der Waals surface area contributed by atoms with E-state index in [1.165, 1.54) is 6.20 Å². The molecule has 1 atom stereocenters. The fraction of sp³-hybridized carbons (Fsp3) is 0.308. The molecule has 2 aromatic rings. The molecule has 0 fully saturated rings. The van der Waals surface area contributed by atoms with Gasteiger partial charge in [0.2, 0.25) is 0 Å². The van der Waals surface area contributed by atoms with Crippen molar-refractivity contribution >= 4 is 11.6 Å². The molecule has 1 N–H and O–H groups in total. The third kappa shape index (κ3) is 2.66. The summed E-state index contributed by atoms with van der Waals surface area (Å²) in [6.07, 6.45) is 1.36. The number of hydrogen-bond acceptors (Lipinski definition) is 3. The van der Waals surface area contributed by atoms with Crippen LogP contribution in [0.15, 0.2) is 30.5 Å². The van der Waals surface area contributed by atoms with Gasteiger partial charge in [-0.3, -0.25) is 4.68 Å². The molecule has 4 nitrogen and oxygen atoms in total. The molecular weight excluding hydrogens is 252 g/mol. The molecule has 0 saturated heterocycles.